The van der Waals surface area contributed by atoms with Crippen LogP contribution in [0.2, 0.25) is 0 Å². The average Bonchev–Trinajstić information content (AvgIpc) is 3.45. The molecule has 0 rings (SSSR count). The zero-order chi connectivity index (χ0) is 57.1. The number of ether oxygens (including phenoxy) is 3. The Morgan fingerprint density at radius 1 is 0.266 bits per heavy atom. The summed E-state index contributed by atoms with van der Waals surface area (Å²) in [4.78, 5) is 38.1. The van der Waals surface area contributed by atoms with E-state index in [2.05, 4.69) is 154 Å². The Labute approximate surface area is 487 Å². The van der Waals surface area contributed by atoms with Crippen LogP contribution in [0.5, 0.6) is 0 Å². The van der Waals surface area contributed by atoms with Crippen molar-refractivity contribution in [3.63, 3.8) is 0 Å². The minimum atomic E-state index is -0.786. The molecule has 0 saturated heterocycles. The number of esters is 3. The summed E-state index contributed by atoms with van der Waals surface area (Å²) >= 11 is 0. The van der Waals surface area contributed by atoms with Crippen LogP contribution < -0.4 is 0 Å². The normalized spacial score (nSPS) is 13.0. The summed E-state index contributed by atoms with van der Waals surface area (Å²) in [6, 6.07) is 0. The van der Waals surface area contributed by atoms with Crippen LogP contribution in [0.4, 0.5) is 0 Å². The Balaban J connectivity index is 4.16. The van der Waals surface area contributed by atoms with E-state index in [-0.39, 0.29) is 31.1 Å². The number of hydrogen-bond acceptors (Lipinski definition) is 6. The lowest BCUT2D eigenvalue weighted by Crippen LogP contribution is -2.30. The SMILES string of the molecule is CC/C=C\C/C=C\C/C=C\C/C=C\C/C=C\C/C=C\C/C=C\C/C=C\C/C=C\CCCCCCCCCC(=O)OCC(COC(=O)CCCCCCCCC)OC(=O)CCCCCCCCCCC/C=C\C/C=C\CCCCC. The van der Waals surface area contributed by atoms with Crippen molar-refractivity contribution in [2.75, 3.05) is 13.2 Å². The van der Waals surface area contributed by atoms with Gasteiger partial charge >= 0.3 is 17.9 Å². The molecule has 0 aliphatic rings. The van der Waals surface area contributed by atoms with E-state index in [9.17, 15) is 14.4 Å². The van der Waals surface area contributed by atoms with Crippen molar-refractivity contribution in [1.82, 2.24) is 0 Å². The third kappa shape index (κ3) is 64.3. The van der Waals surface area contributed by atoms with Crippen LogP contribution in [0.15, 0.2) is 134 Å². The van der Waals surface area contributed by atoms with E-state index in [1.165, 1.54) is 122 Å². The van der Waals surface area contributed by atoms with Gasteiger partial charge in [-0.2, -0.15) is 0 Å². The molecule has 0 radical (unpaired) electrons. The van der Waals surface area contributed by atoms with Crippen molar-refractivity contribution in [3.05, 3.63) is 134 Å². The third-order valence-electron chi connectivity index (χ3n) is 13.6. The summed E-state index contributed by atoms with van der Waals surface area (Å²) < 4.78 is 16.8. The smallest absolute Gasteiger partial charge is 0.306 e. The van der Waals surface area contributed by atoms with Crippen LogP contribution in [-0.4, -0.2) is 37.2 Å². The summed E-state index contributed by atoms with van der Waals surface area (Å²) in [5, 5.41) is 0. The molecule has 0 aromatic rings. The Hall–Kier alpha value is -4.45. The molecule has 1 unspecified atom stereocenters. The van der Waals surface area contributed by atoms with E-state index in [1.54, 1.807) is 0 Å². The maximum atomic E-state index is 12.9. The van der Waals surface area contributed by atoms with Crippen molar-refractivity contribution in [3.8, 4) is 0 Å². The van der Waals surface area contributed by atoms with Crippen LogP contribution in [-0.2, 0) is 28.6 Å². The van der Waals surface area contributed by atoms with Crippen LogP contribution >= 0.6 is 0 Å². The van der Waals surface area contributed by atoms with Gasteiger partial charge in [-0.05, 0) is 122 Å². The molecule has 448 valence electrons. The maximum absolute atomic E-state index is 12.9. The fraction of sp³-hybridized carbons (Fsp3) is 0.658. The standard InChI is InChI=1S/C73H120O6/c1-4-7-10-13-16-18-20-22-24-26-28-29-30-31-32-33-34-35-36-37-38-39-40-41-42-43-45-46-48-50-52-54-57-60-63-66-72(75)78-69-70(68-77-71(74)65-62-59-56-15-12-9-6-3)79-73(76)67-64-61-58-55-53-51-49-47-44-27-25-23-21-19-17-14-11-8-5-2/h7,10,16-19,22-25,28-29,31-32,34-35,37-38,40-41,43,45,70H,4-6,8-9,11-15,20-21,26-27,30,33,36,39,42,44,46-69H2,1-3H3/b10-7-,18-16-,19-17-,24-22-,25-23-,29-28-,32-31-,35-34-,38-37-,41-40-,45-43-. The van der Waals surface area contributed by atoms with Crippen molar-refractivity contribution < 1.29 is 28.6 Å². The molecule has 0 aromatic carbocycles. The molecule has 79 heavy (non-hydrogen) atoms. The van der Waals surface area contributed by atoms with Crippen molar-refractivity contribution in [2.24, 2.45) is 0 Å². The number of hydrogen-bond donors (Lipinski definition) is 0. The fourth-order valence-electron chi connectivity index (χ4n) is 8.76. The lowest BCUT2D eigenvalue weighted by molar-refractivity contribution is -0.167. The lowest BCUT2D eigenvalue weighted by atomic mass is 10.1. The van der Waals surface area contributed by atoms with Gasteiger partial charge in [0.2, 0.25) is 0 Å². The highest BCUT2D eigenvalue weighted by Crippen LogP contribution is 2.15. The highest BCUT2D eigenvalue weighted by Gasteiger charge is 2.19. The average molecular weight is 1090 g/mol. The molecule has 0 aliphatic carbocycles. The predicted molar refractivity (Wildman–Crippen MR) is 343 cm³/mol. The topological polar surface area (TPSA) is 78.9 Å². The highest BCUT2D eigenvalue weighted by atomic mass is 16.6. The predicted octanol–water partition coefficient (Wildman–Crippen LogP) is 22.5. The number of carbonyl (C=O) groups excluding carboxylic acids is 3. The lowest BCUT2D eigenvalue weighted by Gasteiger charge is -2.18. The van der Waals surface area contributed by atoms with Gasteiger partial charge < -0.3 is 14.2 Å². The van der Waals surface area contributed by atoms with E-state index in [0.717, 1.165) is 128 Å². The minimum Gasteiger partial charge on any atom is -0.462 e. The second-order valence-corrected chi connectivity index (χ2v) is 21.3. The quantitative estimate of drug-likeness (QED) is 0.0261. The van der Waals surface area contributed by atoms with Crippen molar-refractivity contribution in [1.29, 1.82) is 0 Å². The van der Waals surface area contributed by atoms with Gasteiger partial charge in [0, 0.05) is 19.3 Å². The first-order chi connectivity index (χ1) is 39.0. The molecular weight excluding hydrogens is 973 g/mol. The number of allylic oxidation sites excluding steroid dienone is 22. The maximum Gasteiger partial charge on any atom is 0.306 e. The van der Waals surface area contributed by atoms with Crippen LogP contribution in [0, 0.1) is 0 Å². The summed E-state index contributed by atoms with van der Waals surface area (Å²) in [6.45, 7) is 6.45. The van der Waals surface area contributed by atoms with E-state index >= 15 is 0 Å². The number of carbonyl (C=O) groups is 3. The monoisotopic (exact) mass is 1090 g/mol. The summed E-state index contributed by atoms with van der Waals surface area (Å²) in [5.74, 6) is -0.905. The van der Waals surface area contributed by atoms with Crippen LogP contribution in [0.3, 0.4) is 0 Å². The molecular formula is C73H120O6. The number of rotatable bonds is 58. The molecule has 0 N–H and O–H groups in total. The Kier molecular flexibility index (Phi) is 62.3. The van der Waals surface area contributed by atoms with E-state index in [4.69, 9.17) is 14.2 Å². The van der Waals surface area contributed by atoms with Crippen LogP contribution in [0.1, 0.15) is 290 Å². The zero-order valence-corrected chi connectivity index (χ0v) is 51.3. The molecule has 0 aromatic heterocycles. The second-order valence-electron chi connectivity index (χ2n) is 21.3. The van der Waals surface area contributed by atoms with Gasteiger partial charge in [0.05, 0.1) is 0 Å². The van der Waals surface area contributed by atoms with Crippen LogP contribution in [0.25, 0.3) is 0 Å². The van der Waals surface area contributed by atoms with Gasteiger partial charge in [-0.25, -0.2) is 0 Å². The second kappa shape index (κ2) is 66.1. The molecule has 6 heteroatoms. The first-order valence-electron chi connectivity index (χ1n) is 32.7. The first kappa shape index (κ1) is 74.5. The van der Waals surface area contributed by atoms with Gasteiger partial charge in [-0.15, -0.1) is 0 Å². The minimum absolute atomic E-state index is 0.0842. The molecule has 0 aliphatic heterocycles. The van der Waals surface area contributed by atoms with Gasteiger partial charge in [0.15, 0.2) is 6.10 Å². The Morgan fingerprint density at radius 3 is 0.797 bits per heavy atom. The molecule has 0 spiro atoms. The van der Waals surface area contributed by atoms with E-state index < -0.39 is 6.10 Å². The molecule has 0 bridgehead atoms. The zero-order valence-electron chi connectivity index (χ0n) is 51.3. The molecule has 6 nitrogen and oxygen atoms in total. The van der Waals surface area contributed by atoms with Crippen molar-refractivity contribution >= 4 is 17.9 Å². The van der Waals surface area contributed by atoms with Gasteiger partial charge in [0.1, 0.15) is 13.2 Å². The molecule has 0 saturated carbocycles. The van der Waals surface area contributed by atoms with Gasteiger partial charge in [0.25, 0.3) is 0 Å². The van der Waals surface area contributed by atoms with Gasteiger partial charge in [-0.3, -0.25) is 14.4 Å². The molecule has 0 fully saturated rings. The van der Waals surface area contributed by atoms with E-state index in [0.29, 0.717) is 19.3 Å². The Bertz CT molecular complexity index is 1680. The summed E-state index contributed by atoms with van der Waals surface area (Å²) in [5.41, 5.74) is 0. The van der Waals surface area contributed by atoms with Gasteiger partial charge in [-0.1, -0.05) is 283 Å². The summed E-state index contributed by atoms with van der Waals surface area (Å²) in [6.07, 6.45) is 93.4. The Morgan fingerprint density at radius 2 is 0.494 bits per heavy atom. The molecule has 0 heterocycles. The third-order valence-corrected chi connectivity index (χ3v) is 13.6. The fourth-order valence-corrected chi connectivity index (χ4v) is 8.76. The largest absolute Gasteiger partial charge is 0.462 e. The first-order valence-corrected chi connectivity index (χ1v) is 32.7. The summed E-state index contributed by atoms with van der Waals surface area (Å²) in [7, 11) is 0. The molecule has 1 atom stereocenters. The molecule has 0 amide bonds. The highest BCUT2D eigenvalue weighted by molar-refractivity contribution is 5.71. The number of unbranched alkanes of at least 4 members (excludes halogenated alkanes) is 25. The van der Waals surface area contributed by atoms with E-state index in [1.807, 2.05) is 0 Å². The van der Waals surface area contributed by atoms with Crippen molar-refractivity contribution in [2.45, 2.75) is 297 Å².